The van der Waals surface area contributed by atoms with E-state index in [9.17, 15) is 5.11 Å². The van der Waals surface area contributed by atoms with Crippen molar-refractivity contribution < 1.29 is 9.84 Å². The van der Waals surface area contributed by atoms with Crippen molar-refractivity contribution in [2.24, 2.45) is 0 Å². The third kappa shape index (κ3) is 4.39. The number of aliphatic hydroxyl groups excluding tert-OH is 1. The number of fused-ring (bicyclic) bond motifs is 1. The predicted octanol–water partition coefficient (Wildman–Crippen LogP) is 5.18. The fourth-order valence-corrected chi connectivity index (χ4v) is 4.93. The van der Waals surface area contributed by atoms with Crippen LogP contribution in [-0.4, -0.2) is 40.8 Å². The minimum absolute atomic E-state index is 0.170. The summed E-state index contributed by atoms with van der Waals surface area (Å²) in [6.45, 7) is 1.66. The van der Waals surface area contributed by atoms with Crippen LogP contribution in [0.15, 0.2) is 42.5 Å². The second-order valence-electron chi connectivity index (χ2n) is 6.71. The monoisotopic (exact) mass is 422 g/mol. The van der Waals surface area contributed by atoms with Crippen LogP contribution in [0.3, 0.4) is 0 Å². The maximum absolute atomic E-state index is 10.5. The molecule has 4 nitrogen and oxygen atoms in total. The molecule has 0 bridgehead atoms. The lowest BCUT2D eigenvalue weighted by Crippen LogP contribution is -2.35. The highest BCUT2D eigenvalue weighted by Gasteiger charge is 2.30. The van der Waals surface area contributed by atoms with E-state index in [1.54, 1.807) is 29.5 Å². The highest BCUT2D eigenvalue weighted by molar-refractivity contribution is 7.18. The van der Waals surface area contributed by atoms with Gasteiger partial charge < -0.3 is 9.84 Å². The van der Waals surface area contributed by atoms with E-state index in [-0.39, 0.29) is 12.6 Å². The van der Waals surface area contributed by atoms with Crippen molar-refractivity contribution in [3.05, 3.63) is 57.5 Å². The lowest BCUT2D eigenvalue weighted by Gasteiger charge is -2.25. The Hall–Kier alpha value is -1.37. The molecule has 1 fully saturated rings. The standard InChI is InChI=1S/C20H20Cl2N2O2S/c21-13-7-8-15(22)18(10-13)26-12-14(25)11-24-9-3-5-17(24)20-23-16-4-1-2-6-19(16)27-20/h1-2,4,6-8,10,14,17,25H,3,5,9,11-12H2. The molecule has 0 radical (unpaired) electrons. The van der Waals surface area contributed by atoms with Crippen LogP contribution in [0.2, 0.25) is 10.0 Å². The average Bonchev–Trinajstić information content (AvgIpc) is 3.28. The van der Waals surface area contributed by atoms with Gasteiger partial charge in [0.25, 0.3) is 0 Å². The minimum atomic E-state index is -0.616. The number of thiazole rings is 1. The number of aliphatic hydroxyl groups is 1. The Morgan fingerprint density at radius 2 is 2.11 bits per heavy atom. The molecule has 2 unspecified atom stereocenters. The van der Waals surface area contributed by atoms with Crippen LogP contribution >= 0.6 is 34.5 Å². The van der Waals surface area contributed by atoms with E-state index in [4.69, 9.17) is 32.9 Å². The van der Waals surface area contributed by atoms with Gasteiger partial charge in [-0.05, 0) is 43.7 Å². The highest BCUT2D eigenvalue weighted by Crippen LogP contribution is 2.36. The summed E-state index contributed by atoms with van der Waals surface area (Å²) in [7, 11) is 0. The fraction of sp³-hybridized carbons (Fsp3) is 0.350. The van der Waals surface area contributed by atoms with Gasteiger partial charge in [-0.25, -0.2) is 4.98 Å². The SMILES string of the molecule is OC(COc1cc(Cl)ccc1Cl)CN1CCCC1c1nc2ccccc2s1. The molecule has 1 N–H and O–H groups in total. The molecule has 1 aromatic heterocycles. The van der Waals surface area contributed by atoms with Crippen LogP contribution < -0.4 is 4.74 Å². The normalized spacial score (nSPS) is 18.9. The Morgan fingerprint density at radius 3 is 2.96 bits per heavy atom. The number of β-amino-alcohol motifs (C(OH)–C–C–N with tert-alkyl or cyclic N) is 1. The van der Waals surface area contributed by atoms with Gasteiger partial charge in [0, 0.05) is 17.6 Å². The maximum atomic E-state index is 10.5. The minimum Gasteiger partial charge on any atom is -0.489 e. The van der Waals surface area contributed by atoms with Gasteiger partial charge in [0.2, 0.25) is 0 Å². The number of hydrogen-bond acceptors (Lipinski definition) is 5. The van der Waals surface area contributed by atoms with Crippen LogP contribution in [-0.2, 0) is 0 Å². The number of hydrogen-bond donors (Lipinski definition) is 1. The number of halogens is 2. The lowest BCUT2D eigenvalue weighted by atomic mass is 10.2. The summed E-state index contributed by atoms with van der Waals surface area (Å²) in [6.07, 6.45) is 1.55. The van der Waals surface area contributed by atoms with Gasteiger partial charge in [-0.2, -0.15) is 0 Å². The van der Waals surface area contributed by atoms with Crippen molar-refractivity contribution in [2.45, 2.75) is 25.0 Å². The number of benzene rings is 2. The first kappa shape index (κ1) is 19.0. The van der Waals surface area contributed by atoms with Crippen molar-refractivity contribution in [3.63, 3.8) is 0 Å². The maximum Gasteiger partial charge on any atom is 0.139 e. The van der Waals surface area contributed by atoms with Gasteiger partial charge >= 0.3 is 0 Å². The Bertz CT molecular complexity index is 900. The van der Waals surface area contributed by atoms with E-state index in [1.807, 2.05) is 18.2 Å². The van der Waals surface area contributed by atoms with E-state index in [2.05, 4.69) is 11.0 Å². The Labute approximate surface area is 172 Å². The van der Waals surface area contributed by atoms with Crippen molar-refractivity contribution in [1.29, 1.82) is 0 Å². The van der Waals surface area contributed by atoms with Crippen molar-refractivity contribution in [2.75, 3.05) is 19.7 Å². The molecule has 0 spiro atoms. The van der Waals surface area contributed by atoms with Crippen molar-refractivity contribution in [1.82, 2.24) is 9.88 Å². The van der Waals surface area contributed by atoms with Crippen LogP contribution in [0.1, 0.15) is 23.9 Å². The summed E-state index contributed by atoms with van der Waals surface area (Å²) in [5, 5.41) is 12.6. The molecule has 0 saturated carbocycles. The zero-order valence-electron chi connectivity index (χ0n) is 14.6. The molecule has 1 aliphatic rings. The van der Waals surface area contributed by atoms with Crippen LogP contribution in [0.25, 0.3) is 10.2 Å². The number of rotatable bonds is 6. The lowest BCUT2D eigenvalue weighted by molar-refractivity contribution is 0.0639. The van der Waals surface area contributed by atoms with E-state index < -0.39 is 6.10 Å². The summed E-state index contributed by atoms with van der Waals surface area (Å²) in [4.78, 5) is 7.10. The van der Waals surface area contributed by atoms with E-state index in [0.717, 1.165) is 29.9 Å². The van der Waals surface area contributed by atoms with E-state index in [1.165, 1.54) is 4.70 Å². The van der Waals surface area contributed by atoms with Gasteiger partial charge in [-0.3, -0.25) is 4.90 Å². The number of nitrogens with zero attached hydrogens (tertiary/aromatic N) is 2. The number of aromatic nitrogens is 1. The number of ether oxygens (including phenoxy) is 1. The molecule has 2 aromatic carbocycles. The third-order valence-corrected chi connectivity index (χ3v) is 6.41. The molecular formula is C20H20Cl2N2O2S. The Balaban J connectivity index is 1.39. The Morgan fingerprint density at radius 1 is 1.26 bits per heavy atom. The number of para-hydroxylation sites is 1. The molecule has 2 heterocycles. The van der Waals surface area contributed by atoms with Gasteiger partial charge in [0.1, 0.15) is 23.5 Å². The molecule has 27 heavy (non-hydrogen) atoms. The van der Waals surface area contributed by atoms with E-state index >= 15 is 0 Å². The molecule has 0 aliphatic carbocycles. The largest absolute Gasteiger partial charge is 0.489 e. The quantitative estimate of drug-likeness (QED) is 0.594. The molecule has 4 rings (SSSR count). The Kier molecular flexibility index (Phi) is 5.85. The molecule has 1 aliphatic heterocycles. The van der Waals surface area contributed by atoms with Gasteiger partial charge in [0.05, 0.1) is 21.3 Å². The molecule has 3 aromatic rings. The summed E-state index contributed by atoms with van der Waals surface area (Å²) in [6, 6.07) is 13.5. The van der Waals surface area contributed by atoms with Crippen LogP contribution in [0, 0.1) is 0 Å². The van der Waals surface area contributed by atoms with Gasteiger partial charge in [-0.1, -0.05) is 35.3 Å². The molecule has 7 heteroatoms. The fourth-order valence-electron chi connectivity index (χ4n) is 3.45. The second kappa shape index (κ2) is 8.33. The van der Waals surface area contributed by atoms with Gasteiger partial charge in [0.15, 0.2) is 0 Å². The summed E-state index contributed by atoms with van der Waals surface area (Å²) < 4.78 is 6.88. The smallest absolute Gasteiger partial charge is 0.139 e. The zero-order valence-corrected chi connectivity index (χ0v) is 17.0. The highest BCUT2D eigenvalue weighted by atomic mass is 35.5. The third-order valence-electron chi connectivity index (χ3n) is 4.73. The van der Waals surface area contributed by atoms with Crippen LogP contribution in [0.5, 0.6) is 5.75 Å². The molecule has 1 saturated heterocycles. The second-order valence-corrected chi connectivity index (χ2v) is 8.62. The topological polar surface area (TPSA) is 45.6 Å². The molecular weight excluding hydrogens is 403 g/mol. The predicted molar refractivity (Wildman–Crippen MR) is 111 cm³/mol. The summed E-state index contributed by atoms with van der Waals surface area (Å²) in [5.74, 6) is 0.493. The average molecular weight is 423 g/mol. The van der Waals surface area contributed by atoms with Crippen molar-refractivity contribution in [3.8, 4) is 5.75 Å². The first-order valence-electron chi connectivity index (χ1n) is 8.95. The van der Waals surface area contributed by atoms with Gasteiger partial charge in [-0.15, -0.1) is 11.3 Å². The molecule has 0 amide bonds. The first-order chi connectivity index (χ1) is 13.1. The zero-order chi connectivity index (χ0) is 18.8. The summed E-state index contributed by atoms with van der Waals surface area (Å²) in [5.41, 5.74) is 1.05. The van der Waals surface area contributed by atoms with E-state index in [0.29, 0.717) is 22.3 Å². The molecule has 2 atom stereocenters. The van der Waals surface area contributed by atoms with Crippen LogP contribution in [0.4, 0.5) is 0 Å². The van der Waals surface area contributed by atoms with Crippen molar-refractivity contribution >= 4 is 44.8 Å². The number of likely N-dealkylation sites (tertiary alicyclic amines) is 1. The molecule has 142 valence electrons. The first-order valence-corrected chi connectivity index (χ1v) is 10.5. The summed E-state index contributed by atoms with van der Waals surface area (Å²) >= 11 is 13.8.